The van der Waals surface area contributed by atoms with Gasteiger partial charge in [0.25, 0.3) is 5.92 Å². The van der Waals surface area contributed by atoms with Gasteiger partial charge in [-0.25, -0.2) is 14.6 Å². The number of hydrogen-bond acceptors (Lipinski definition) is 7. The number of hydrogen-bond donors (Lipinski definition) is 5. The van der Waals surface area contributed by atoms with Crippen LogP contribution in [0, 0.1) is 0 Å². The van der Waals surface area contributed by atoms with Gasteiger partial charge in [0.15, 0.2) is 5.65 Å². The molecule has 0 aliphatic carbocycles. The summed E-state index contributed by atoms with van der Waals surface area (Å²) >= 11 is 0. The van der Waals surface area contributed by atoms with Gasteiger partial charge in [-0.3, -0.25) is 10.5 Å². The van der Waals surface area contributed by atoms with E-state index in [-0.39, 0.29) is 11.8 Å². The summed E-state index contributed by atoms with van der Waals surface area (Å²) in [4.78, 5) is 7.83. The summed E-state index contributed by atoms with van der Waals surface area (Å²) in [5.41, 5.74) is 2.57. The number of fused-ring (bicyclic) bond motifs is 1. The molecule has 0 spiro atoms. The summed E-state index contributed by atoms with van der Waals surface area (Å²) in [7, 11) is 0. The molecule has 0 aromatic carbocycles. The van der Waals surface area contributed by atoms with Gasteiger partial charge in [0.2, 0.25) is 5.95 Å². The highest BCUT2D eigenvalue weighted by Gasteiger charge is 2.27. The number of H-pyrrole nitrogens is 1. The van der Waals surface area contributed by atoms with Crippen LogP contribution >= 0.6 is 0 Å². The monoisotopic (exact) mass is 259 g/mol. The van der Waals surface area contributed by atoms with Crippen molar-refractivity contribution in [2.75, 3.05) is 23.9 Å². The molecule has 8 nitrogen and oxygen atoms in total. The summed E-state index contributed by atoms with van der Waals surface area (Å²) in [6.45, 7) is -2.01. The molecule has 0 bridgehead atoms. The number of nitrogens with two attached hydrogens (primary N) is 1. The average molecular weight is 259 g/mol. The minimum atomic E-state index is -3.24. The highest BCUT2D eigenvalue weighted by atomic mass is 19.3. The minimum absolute atomic E-state index is 0.0570. The van der Waals surface area contributed by atoms with E-state index in [4.69, 9.17) is 10.9 Å². The number of rotatable bonds is 5. The first kappa shape index (κ1) is 12.4. The van der Waals surface area contributed by atoms with Gasteiger partial charge in [0.1, 0.15) is 12.4 Å². The number of nitrogens with one attached hydrogen (secondary N) is 3. The summed E-state index contributed by atoms with van der Waals surface area (Å²) in [5, 5.41) is 17.6. The lowest BCUT2D eigenvalue weighted by atomic mass is 10.3. The maximum absolute atomic E-state index is 12.9. The van der Waals surface area contributed by atoms with Crippen LogP contribution < -0.4 is 16.6 Å². The molecule has 0 atom stereocenters. The van der Waals surface area contributed by atoms with Crippen molar-refractivity contribution in [2.24, 2.45) is 5.84 Å². The zero-order valence-corrected chi connectivity index (χ0v) is 9.11. The zero-order chi connectivity index (χ0) is 13.2. The molecule has 0 amide bonds. The number of alkyl halides is 2. The molecule has 6 N–H and O–H groups in total. The van der Waals surface area contributed by atoms with Crippen LogP contribution in [0.5, 0.6) is 0 Å². The first-order valence-corrected chi connectivity index (χ1v) is 4.96. The van der Waals surface area contributed by atoms with Crippen LogP contribution in [0.1, 0.15) is 0 Å². The zero-order valence-electron chi connectivity index (χ0n) is 9.11. The van der Waals surface area contributed by atoms with Gasteiger partial charge in [-0.2, -0.15) is 15.1 Å². The van der Waals surface area contributed by atoms with E-state index >= 15 is 0 Å². The number of nitrogens with zero attached hydrogens (tertiary/aromatic N) is 3. The molecule has 2 rings (SSSR count). The Morgan fingerprint density at radius 1 is 1.44 bits per heavy atom. The maximum atomic E-state index is 12.9. The van der Waals surface area contributed by atoms with Crippen LogP contribution in [0.15, 0.2) is 6.20 Å². The van der Waals surface area contributed by atoms with Gasteiger partial charge in [0.05, 0.1) is 18.1 Å². The number of aromatic nitrogens is 4. The minimum Gasteiger partial charge on any atom is -0.390 e. The van der Waals surface area contributed by atoms with Crippen molar-refractivity contribution in [3.8, 4) is 0 Å². The third-order valence-corrected chi connectivity index (χ3v) is 2.18. The van der Waals surface area contributed by atoms with Gasteiger partial charge in [-0.15, -0.1) is 0 Å². The van der Waals surface area contributed by atoms with E-state index in [0.717, 1.165) is 0 Å². The topological polar surface area (TPSA) is 125 Å². The Morgan fingerprint density at radius 2 is 2.22 bits per heavy atom. The largest absolute Gasteiger partial charge is 0.390 e. The van der Waals surface area contributed by atoms with E-state index < -0.39 is 19.1 Å². The summed E-state index contributed by atoms with van der Waals surface area (Å²) in [5.74, 6) is 2.13. The van der Waals surface area contributed by atoms with Crippen molar-refractivity contribution in [3.63, 3.8) is 0 Å². The van der Waals surface area contributed by atoms with Gasteiger partial charge in [0, 0.05) is 0 Å². The molecule has 0 radical (unpaired) electrons. The molecule has 0 saturated heterocycles. The number of aliphatic hydroxyl groups is 1. The van der Waals surface area contributed by atoms with Crippen molar-refractivity contribution >= 4 is 22.8 Å². The molecule has 0 saturated carbocycles. The molecule has 0 aliphatic rings. The number of aliphatic hydroxyl groups excluding tert-OH is 1. The van der Waals surface area contributed by atoms with Gasteiger partial charge >= 0.3 is 0 Å². The Balaban J connectivity index is 2.28. The number of halogens is 2. The van der Waals surface area contributed by atoms with Crippen LogP contribution in [0.3, 0.4) is 0 Å². The molecule has 0 unspecified atom stereocenters. The Kier molecular flexibility index (Phi) is 3.21. The molecule has 0 fully saturated rings. The molecule has 98 valence electrons. The van der Waals surface area contributed by atoms with Crippen LogP contribution in [-0.4, -0.2) is 44.3 Å². The molecule has 2 heterocycles. The molecule has 2 aromatic rings. The summed E-state index contributed by atoms with van der Waals surface area (Å²) in [6, 6.07) is 0. The van der Waals surface area contributed by atoms with Crippen molar-refractivity contribution < 1.29 is 13.9 Å². The molecular formula is C8H11F2N7O. The Morgan fingerprint density at radius 3 is 2.89 bits per heavy atom. The van der Waals surface area contributed by atoms with Crippen LogP contribution in [0.2, 0.25) is 0 Å². The fourth-order valence-electron chi connectivity index (χ4n) is 1.30. The first-order valence-electron chi connectivity index (χ1n) is 4.96. The van der Waals surface area contributed by atoms with Crippen molar-refractivity contribution in [3.05, 3.63) is 6.20 Å². The molecular weight excluding hydrogens is 248 g/mol. The van der Waals surface area contributed by atoms with Crippen molar-refractivity contribution in [2.45, 2.75) is 5.92 Å². The Hall–Kier alpha value is -2.07. The fraction of sp³-hybridized carbons (Fsp3) is 0.375. The lowest BCUT2D eigenvalue weighted by Crippen LogP contribution is -2.31. The van der Waals surface area contributed by atoms with Crippen LogP contribution in [0.25, 0.3) is 11.0 Å². The van der Waals surface area contributed by atoms with Crippen molar-refractivity contribution in [1.29, 1.82) is 0 Å². The second-order valence-corrected chi connectivity index (χ2v) is 3.54. The van der Waals surface area contributed by atoms with E-state index in [2.05, 4.69) is 30.9 Å². The SMILES string of the molecule is NNc1nc(NCC(F)(F)CO)c2cn[nH]c2n1. The summed E-state index contributed by atoms with van der Waals surface area (Å²) in [6.07, 6.45) is 1.40. The second-order valence-electron chi connectivity index (χ2n) is 3.54. The van der Waals surface area contributed by atoms with E-state index in [0.29, 0.717) is 11.0 Å². The molecule has 0 aliphatic heterocycles. The van der Waals surface area contributed by atoms with Crippen LogP contribution in [0.4, 0.5) is 20.5 Å². The van der Waals surface area contributed by atoms with E-state index in [1.807, 2.05) is 0 Å². The van der Waals surface area contributed by atoms with Crippen LogP contribution in [-0.2, 0) is 0 Å². The predicted octanol–water partition coefficient (Wildman–Crippen LogP) is -0.322. The average Bonchev–Trinajstić information content (AvgIpc) is 2.84. The molecule has 2 aromatic heterocycles. The normalized spacial score (nSPS) is 11.8. The highest BCUT2D eigenvalue weighted by Crippen LogP contribution is 2.21. The third-order valence-electron chi connectivity index (χ3n) is 2.18. The lowest BCUT2D eigenvalue weighted by Gasteiger charge is -2.14. The number of hydrazine groups is 1. The fourth-order valence-corrected chi connectivity index (χ4v) is 1.30. The lowest BCUT2D eigenvalue weighted by molar-refractivity contribution is -0.0373. The predicted molar refractivity (Wildman–Crippen MR) is 60.0 cm³/mol. The van der Waals surface area contributed by atoms with Gasteiger partial charge in [-0.05, 0) is 0 Å². The van der Waals surface area contributed by atoms with Gasteiger partial charge < -0.3 is 10.4 Å². The second kappa shape index (κ2) is 4.66. The Labute approximate surface area is 99.6 Å². The van der Waals surface area contributed by atoms with Gasteiger partial charge in [-0.1, -0.05) is 0 Å². The molecule has 10 heteroatoms. The maximum Gasteiger partial charge on any atom is 0.287 e. The quantitative estimate of drug-likeness (QED) is 0.368. The summed E-state index contributed by atoms with van der Waals surface area (Å²) < 4.78 is 25.9. The number of nitrogen functional groups attached to an aromatic ring is 1. The standard InChI is InChI=1S/C8H11F2N7O/c9-8(10,3-18)2-12-5-4-1-13-17-6(4)15-7(14-5)16-11/h1,18H,2-3,11H2,(H3,12,13,14,15,16,17). The van der Waals surface area contributed by atoms with E-state index in [9.17, 15) is 8.78 Å². The van der Waals surface area contributed by atoms with E-state index in [1.165, 1.54) is 6.20 Å². The number of aromatic amines is 1. The smallest absolute Gasteiger partial charge is 0.287 e. The number of anilines is 2. The highest BCUT2D eigenvalue weighted by molar-refractivity contribution is 5.86. The third kappa shape index (κ3) is 2.43. The first-order chi connectivity index (χ1) is 8.55. The molecule has 18 heavy (non-hydrogen) atoms. The van der Waals surface area contributed by atoms with Crippen molar-refractivity contribution in [1.82, 2.24) is 20.2 Å². The van der Waals surface area contributed by atoms with E-state index in [1.54, 1.807) is 0 Å². The Bertz CT molecular complexity index is 543.